The number of nitrogens with zero attached hydrogens (tertiary/aromatic N) is 1. The molecule has 1 fully saturated rings. The van der Waals surface area contributed by atoms with Crippen molar-refractivity contribution in [2.45, 2.75) is 19.8 Å². The van der Waals surface area contributed by atoms with Gasteiger partial charge in [-0.2, -0.15) is 0 Å². The summed E-state index contributed by atoms with van der Waals surface area (Å²) >= 11 is 0. The number of furan rings is 1. The minimum absolute atomic E-state index is 0. The van der Waals surface area contributed by atoms with E-state index in [4.69, 9.17) is 10.2 Å². The Labute approximate surface area is 108 Å². The zero-order valence-corrected chi connectivity index (χ0v) is 10.8. The van der Waals surface area contributed by atoms with E-state index in [1.165, 1.54) is 0 Å². The second kappa shape index (κ2) is 6.07. The van der Waals surface area contributed by atoms with Gasteiger partial charge in [0.2, 0.25) is 0 Å². The third kappa shape index (κ3) is 3.01. The Morgan fingerprint density at radius 2 is 2.18 bits per heavy atom. The molecule has 1 aromatic heterocycles. The number of likely N-dealkylation sites (tertiary alicyclic amines) is 1. The van der Waals surface area contributed by atoms with Crippen molar-refractivity contribution in [3.05, 3.63) is 23.7 Å². The summed E-state index contributed by atoms with van der Waals surface area (Å²) in [7, 11) is 0. The van der Waals surface area contributed by atoms with Gasteiger partial charge in [0.1, 0.15) is 0 Å². The van der Waals surface area contributed by atoms with Crippen molar-refractivity contribution in [2.75, 3.05) is 19.6 Å². The number of nitrogens with two attached hydrogens (primary N) is 1. The number of aryl methyl sites for hydroxylation is 1. The number of hydrogen-bond donors (Lipinski definition) is 1. The van der Waals surface area contributed by atoms with Crippen LogP contribution < -0.4 is 5.73 Å². The van der Waals surface area contributed by atoms with Gasteiger partial charge in [-0.3, -0.25) is 4.79 Å². The molecule has 1 saturated heterocycles. The van der Waals surface area contributed by atoms with Crippen molar-refractivity contribution < 1.29 is 9.21 Å². The van der Waals surface area contributed by atoms with E-state index in [1.807, 2.05) is 17.9 Å². The monoisotopic (exact) mass is 258 g/mol. The van der Waals surface area contributed by atoms with E-state index in [0.29, 0.717) is 11.7 Å². The highest BCUT2D eigenvalue weighted by atomic mass is 35.5. The van der Waals surface area contributed by atoms with Gasteiger partial charge >= 0.3 is 0 Å². The lowest BCUT2D eigenvalue weighted by Crippen LogP contribution is -2.40. The van der Waals surface area contributed by atoms with Crippen LogP contribution in [0.3, 0.4) is 0 Å². The SMILES string of the molecule is Cc1ccoc1C(=O)N1CCC(CN)CC1.Cl. The standard InChI is InChI=1S/C12H18N2O2.ClH/c1-9-4-7-16-11(9)12(15)14-5-2-10(8-13)3-6-14;/h4,7,10H,2-3,5-6,8,13H2,1H3;1H. The summed E-state index contributed by atoms with van der Waals surface area (Å²) in [5.41, 5.74) is 6.53. The summed E-state index contributed by atoms with van der Waals surface area (Å²) in [5, 5.41) is 0. The first-order valence-electron chi connectivity index (χ1n) is 5.76. The second-order valence-electron chi connectivity index (χ2n) is 4.40. The van der Waals surface area contributed by atoms with Gasteiger partial charge in [-0.25, -0.2) is 0 Å². The van der Waals surface area contributed by atoms with Crippen LogP contribution in [0, 0.1) is 12.8 Å². The van der Waals surface area contributed by atoms with Crippen molar-refractivity contribution >= 4 is 18.3 Å². The van der Waals surface area contributed by atoms with Gasteiger partial charge in [0.15, 0.2) is 5.76 Å². The number of carbonyl (C=O) groups is 1. The van der Waals surface area contributed by atoms with E-state index in [1.54, 1.807) is 6.26 Å². The van der Waals surface area contributed by atoms with E-state index >= 15 is 0 Å². The molecule has 0 spiro atoms. The van der Waals surface area contributed by atoms with E-state index in [-0.39, 0.29) is 18.3 Å². The van der Waals surface area contributed by atoms with Crippen molar-refractivity contribution in [1.29, 1.82) is 0 Å². The first kappa shape index (κ1) is 14.1. The van der Waals surface area contributed by atoms with Crippen LogP contribution in [0.2, 0.25) is 0 Å². The largest absolute Gasteiger partial charge is 0.459 e. The normalized spacial score (nSPS) is 16.7. The third-order valence-corrected chi connectivity index (χ3v) is 3.29. The van der Waals surface area contributed by atoms with Gasteiger partial charge in [0, 0.05) is 18.7 Å². The van der Waals surface area contributed by atoms with Gasteiger partial charge < -0.3 is 15.1 Å². The molecule has 2 rings (SSSR count). The van der Waals surface area contributed by atoms with Crippen molar-refractivity contribution in [1.82, 2.24) is 4.90 Å². The molecule has 1 aliphatic rings. The summed E-state index contributed by atoms with van der Waals surface area (Å²) < 4.78 is 5.22. The molecule has 5 heteroatoms. The minimum atomic E-state index is 0. The maximum absolute atomic E-state index is 12.1. The fourth-order valence-corrected chi connectivity index (χ4v) is 2.11. The topological polar surface area (TPSA) is 59.5 Å². The molecule has 2 N–H and O–H groups in total. The maximum atomic E-state index is 12.1. The summed E-state index contributed by atoms with van der Waals surface area (Å²) in [5.74, 6) is 1.06. The summed E-state index contributed by atoms with van der Waals surface area (Å²) in [6, 6.07) is 1.82. The van der Waals surface area contributed by atoms with Crippen LogP contribution in [-0.2, 0) is 0 Å². The van der Waals surface area contributed by atoms with Gasteiger partial charge in [0.25, 0.3) is 5.91 Å². The first-order valence-corrected chi connectivity index (χ1v) is 5.76. The Balaban J connectivity index is 0.00000144. The second-order valence-corrected chi connectivity index (χ2v) is 4.40. The van der Waals surface area contributed by atoms with Gasteiger partial charge in [0.05, 0.1) is 6.26 Å². The maximum Gasteiger partial charge on any atom is 0.289 e. The molecule has 4 nitrogen and oxygen atoms in total. The fraction of sp³-hybridized carbons (Fsp3) is 0.583. The van der Waals surface area contributed by atoms with Crippen molar-refractivity contribution in [3.63, 3.8) is 0 Å². The van der Waals surface area contributed by atoms with Crippen LogP contribution in [-0.4, -0.2) is 30.4 Å². The average molecular weight is 259 g/mol. The van der Waals surface area contributed by atoms with Gasteiger partial charge in [-0.15, -0.1) is 12.4 Å². The Kier molecular flexibility index (Phi) is 5.02. The number of carbonyl (C=O) groups excluding carboxylic acids is 1. The summed E-state index contributed by atoms with van der Waals surface area (Å²) in [6.07, 6.45) is 3.57. The lowest BCUT2D eigenvalue weighted by molar-refractivity contribution is 0.0660. The van der Waals surface area contributed by atoms with Crippen LogP contribution in [0.15, 0.2) is 16.7 Å². The molecule has 2 heterocycles. The third-order valence-electron chi connectivity index (χ3n) is 3.29. The molecule has 0 atom stereocenters. The van der Waals surface area contributed by atoms with Crippen LogP contribution in [0.1, 0.15) is 29.0 Å². The fourth-order valence-electron chi connectivity index (χ4n) is 2.11. The van der Waals surface area contributed by atoms with E-state index in [9.17, 15) is 4.79 Å². The molecule has 0 aromatic carbocycles. The molecule has 1 aromatic rings. The van der Waals surface area contributed by atoms with Gasteiger partial charge in [-0.05, 0) is 38.3 Å². The van der Waals surface area contributed by atoms with Crippen LogP contribution in [0.4, 0.5) is 0 Å². The Morgan fingerprint density at radius 1 is 1.53 bits per heavy atom. The minimum Gasteiger partial charge on any atom is -0.459 e. The zero-order valence-electron chi connectivity index (χ0n) is 10.0. The van der Waals surface area contributed by atoms with Crippen LogP contribution >= 0.6 is 12.4 Å². The smallest absolute Gasteiger partial charge is 0.289 e. The number of piperidine rings is 1. The molecular weight excluding hydrogens is 240 g/mol. The summed E-state index contributed by atoms with van der Waals surface area (Å²) in [6.45, 7) is 4.20. The molecule has 0 saturated carbocycles. The van der Waals surface area contributed by atoms with Crippen LogP contribution in [0.5, 0.6) is 0 Å². The average Bonchev–Trinajstić information content (AvgIpc) is 2.75. The molecule has 1 aliphatic heterocycles. The summed E-state index contributed by atoms with van der Waals surface area (Å²) in [4.78, 5) is 13.9. The molecule has 0 radical (unpaired) electrons. The predicted octanol–water partition coefficient (Wildman–Crippen LogP) is 1.82. The van der Waals surface area contributed by atoms with Crippen molar-refractivity contribution in [3.8, 4) is 0 Å². The molecule has 1 amide bonds. The highest BCUT2D eigenvalue weighted by molar-refractivity contribution is 5.92. The number of halogens is 1. The highest BCUT2D eigenvalue weighted by Gasteiger charge is 2.25. The Bertz CT molecular complexity index is 370. The number of amides is 1. The molecular formula is C12H19ClN2O2. The molecule has 96 valence electrons. The predicted molar refractivity (Wildman–Crippen MR) is 68.4 cm³/mol. The first-order chi connectivity index (χ1) is 7.72. The van der Waals surface area contributed by atoms with E-state index < -0.39 is 0 Å². The molecule has 17 heavy (non-hydrogen) atoms. The lowest BCUT2D eigenvalue weighted by atomic mass is 9.97. The molecule has 0 bridgehead atoms. The Morgan fingerprint density at radius 3 is 2.65 bits per heavy atom. The zero-order chi connectivity index (χ0) is 11.5. The van der Waals surface area contributed by atoms with Crippen LogP contribution in [0.25, 0.3) is 0 Å². The number of rotatable bonds is 2. The van der Waals surface area contributed by atoms with E-state index in [2.05, 4.69) is 0 Å². The Hall–Kier alpha value is -1.00. The lowest BCUT2D eigenvalue weighted by Gasteiger charge is -2.30. The van der Waals surface area contributed by atoms with E-state index in [0.717, 1.165) is 38.0 Å². The molecule has 0 unspecified atom stereocenters. The van der Waals surface area contributed by atoms with Crippen molar-refractivity contribution in [2.24, 2.45) is 11.7 Å². The quantitative estimate of drug-likeness (QED) is 0.880. The van der Waals surface area contributed by atoms with Gasteiger partial charge in [-0.1, -0.05) is 0 Å². The molecule has 0 aliphatic carbocycles. The highest BCUT2D eigenvalue weighted by Crippen LogP contribution is 2.19. The number of hydrogen-bond acceptors (Lipinski definition) is 3.